The van der Waals surface area contributed by atoms with Crippen LogP contribution >= 0.6 is 33.9 Å². The Balaban J connectivity index is 1.08. The Morgan fingerprint density at radius 2 is 1.52 bits per heavy atom. The van der Waals surface area contributed by atoms with Crippen molar-refractivity contribution in [2.75, 3.05) is 4.90 Å². The molecular weight excluding hydrogens is 762 g/mol. The van der Waals surface area contributed by atoms with E-state index in [1.54, 1.807) is 0 Å². The molecule has 0 amide bonds. The Morgan fingerprint density at radius 1 is 0.808 bits per heavy atom. The van der Waals surface area contributed by atoms with Crippen LogP contribution in [0.1, 0.15) is 42.9 Å². The van der Waals surface area contributed by atoms with Crippen molar-refractivity contribution in [3.8, 4) is 11.1 Å². The first kappa shape index (κ1) is 33.1. The number of anilines is 2. The monoisotopic (exact) mass is 801 g/mol. The minimum atomic E-state index is 0.0407. The minimum Gasteiger partial charge on any atom is -0.313 e. The van der Waals surface area contributed by atoms with Gasteiger partial charge in [0.2, 0.25) is 0 Å². The van der Waals surface area contributed by atoms with Gasteiger partial charge in [-0.25, -0.2) is 0 Å². The maximum Gasteiger partial charge on any atom is 0.0613 e. The molecule has 0 aliphatic heterocycles. The Bertz CT molecular complexity index is 2500. The molecule has 0 bridgehead atoms. The van der Waals surface area contributed by atoms with Crippen LogP contribution in [0.5, 0.6) is 0 Å². The van der Waals surface area contributed by atoms with Gasteiger partial charge in [0.05, 0.1) is 3.92 Å². The highest BCUT2D eigenvalue weighted by Gasteiger charge is 2.42. The molecule has 1 heterocycles. The molecule has 52 heavy (non-hydrogen) atoms. The number of benzene rings is 5. The summed E-state index contributed by atoms with van der Waals surface area (Å²) in [4.78, 5) is 2.45. The number of nitrogens with zero attached hydrogens (tertiary/aromatic N) is 1. The van der Waals surface area contributed by atoms with E-state index in [9.17, 15) is 0 Å². The zero-order chi connectivity index (χ0) is 35.4. The molecule has 0 N–H and O–H groups in total. The van der Waals surface area contributed by atoms with E-state index in [2.05, 4.69) is 206 Å². The molecule has 0 saturated heterocycles. The number of halogens is 1. The van der Waals surface area contributed by atoms with E-state index in [1.807, 2.05) is 17.4 Å². The number of thiophene rings is 1. The Hall–Kier alpha value is -4.71. The van der Waals surface area contributed by atoms with E-state index >= 15 is 0 Å². The van der Waals surface area contributed by atoms with Crippen LogP contribution in [0.2, 0.25) is 0 Å². The van der Waals surface area contributed by atoms with Gasteiger partial charge in [-0.05, 0) is 76.2 Å². The SMILES string of the molecule is C=C/C=C\C1C=CC=C(N(c2ccc(C3=CCC4C(=C3)C(C)(C)c3ccccc34)cc2)c2ccc(-c3cccc4c3sc3ccccc34)cc2)C1I. The molecule has 3 atom stereocenters. The number of allylic oxidation sites excluding steroid dienone is 11. The van der Waals surface area contributed by atoms with Gasteiger partial charge in [-0.15, -0.1) is 11.3 Å². The topological polar surface area (TPSA) is 3.24 Å². The number of rotatable bonds is 7. The zero-order valence-electron chi connectivity index (χ0n) is 29.5. The standard InChI is InChI=1S/C49H40INS/c1-4-5-12-34-13-10-19-45(47(34)50)51(37-28-23-33(24-29-37)38-16-11-17-42-41-15-7-9-20-46(41)52-48(38)42)36-26-21-32(22-27-36)35-25-30-40-39-14-6-8-18-43(39)49(2,3)44(40)31-35/h4-29,31,34,40,47H,1,30H2,2-3H3/b12-5-. The normalized spacial score (nSPS) is 20.4. The van der Waals surface area contributed by atoms with Gasteiger partial charge < -0.3 is 4.90 Å². The van der Waals surface area contributed by atoms with E-state index in [4.69, 9.17) is 0 Å². The minimum absolute atomic E-state index is 0.0407. The number of fused-ring (bicyclic) bond motifs is 6. The van der Waals surface area contributed by atoms with E-state index in [-0.39, 0.29) is 15.3 Å². The predicted molar refractivity (Wildman–Crippen MR) is 234 cm³/mol. The molecule has 0 saturated carbocycles. The Kier molecular flexibility index (Phi) is 8.52. The average molecular weight is 802 g/mol. The summed E-state index contributed by atoms with van der Waals surface area (Å²) in [7, 11) is 0. The lowest BCUT2D eigenvalue weighted by molar-refractivity contribution is 0.613. The van der Waals surface area contributed by atoms with Gasteiger partial charge in [0.1, 0.15) is 0 Å². The Morgan fingerprint density at radius 3 is 2.31 bits per heavy atom. The summed E-state index contributed by atoms with van der Waals surface area (Å²) in [6.07, 6.45) is 18.9. The fourth-order valence-electron chi connectivity index (χ4n) is 8.59. The lowest BCUT2D eigenvalue weighted by Gasteiger charge is -2.34. The first-order valence-corrected chi connectivity index (χ1v) is 20.2. The highest BCUT2D eigenvalue weighted by atomic mass is 127. The number of hydrogen-bond donors (Lipinski definition) is 0. The van der Waals surface area contributed by atoms with Gasteiger partial charge in [0, 0.05) is 54.5 Å². The molecule has 3 aliphatic carbocycles. The summed E-state index contributed by atoms with van der Waals surface area (Å²) < 4.78 is 2.93. The van der Waals surface area contributed by atoms with Crippen LogP contribution in [0.25, 0.3) is 36.9 Å². The molecule has 5 aromatic carbocycles. The molecule has 9 rings (SSSR count). The summed E-state index contributed by atoms with van der Waals surface area (Å²) in [6, 6.07) is 42.9. The summed E-state index contributed by atoms with van der Waals surface area (Å²) in [5, 5.41) is 2.66. The van der Waals surface area contributed by atoms with Crippen molar-refractivity contribution in [2.45, 2.75) is 35.5 Å². The highest BCUT2D eigenvalue weighted by Crippen LogP contribution is 2.54. The second-order valence-electron chi connectivity index (χ2n) is 14.5. The molecule has 3 aliphatic rings. The largest absolute Gasteiger partial charge is 0.313 e. The van der Waals surface area contributed by atoms with Crippen molar-refractivity contribution in [3.05, 3.63) is 198 Å². The molecule has 3 heteroatoms. The molecular formula is C49H40INS. The van der Waals surface area contributed by atoms with Crippen molar-refractivity contribution in [3.63, 3.8) is 0 Å². The van der Waals surface area contributed by atoms with Crippen molar-refractivity contribution >= 4 is 71.0 Å². The molecule has 6 aromatic rings. The van der Waals surface area contributed by atoms with Gasteiger partial charge in [-0.3, -0.25) is 0 Å². The predicted octanol–water partition coefficient (Wildman–Crippen LogP) is 14.3. The van der Waals surface area contributed by atoms with Gasteiger partial charge >= 0.3 is 0 Å². The van der Waals surface area contributed by atoms with E-state index in [0.717, 1.165) is 17.8 Å². The fourth-order valence-corrected chi connectivity index (χ4v) is 10.8. The Labute approximate surface area is 324 Å². The molecule has 3 unspecified atom stereocenters. The van der Waals surface area contributed by atoms with E-state index in [0.29, 0.717) is 5.92 Å². The van der Waals surface area contributed by atoms with Crippen LogP contribution in [0.3, 0.4) is 0 Å². The zero-order valence-corrected chi connectivity index (χ0v) is 32.4. The summed E-state index contributed by atoms with van der Waals surface area (Å²) in [5.41, 5.74) is 13.2. The molecule has 0 fully saturated rings. The van der Waals surface area contributed by atoms with Crippen molar-refractivity contribution in [1.82, 2.24) is 0 Å². The summed E-state index contributed by atoms with van der Waals surface area (Å²) in [5.74, 6) is 0.754. The molecule has 254 valence electrons. The van der Waals surface area contributed by atoms with Crippen LogP contribution in [0, 0.1) is 5.92 Å². The van der Waals surface area contributed by atoms with Gasteiger partial charge in [-0.2, -0.15) is 0 Å². The van der Waals surface area contributed by atoms with Gasteiger partial charge in [0.25, 0.3) is 0 Å². The highest BCUT2D eigenvalue weighted by molar-refractivity contribution is 14.1. The molecule has 0 spiro atoms. The van der Waals surface area contributed by atoms with E-state index in [1.165, 1.54) is 64.8 Å². The van der Waals surface area contributed by atoms with Crippen LogP contribution in [-0.4, -0.2) is 3.92 Å². The van der Waals surface area contributed by atoms with Crippen LogP contribution in [0.4, 0.5) is 11.4 Å². The second-order valence-corrected chi connectivity index (χ2v) is 16.9. The first-order chi connectivity index (χ1) is 25.4. The number of hydrogen-bond acceptors (Lipinski definition) is 2. The maximum absolute atomic E-state index is 3.92. The van der Waals surface area contributed by atoms with Crippen molar-refractivity contribution < 1.29 is 0 Å². The lowest BCUT2D eigenvalue weighted by Crippen LogP contribution is -2.28. The summed E-state index contributed by atoms with van der Waals surface area (Å²) >= 11 is 4.50. The van der Waals surface area contributed by atoms with E-state index < -0.39 is 0 Å². The quantitative estimate of drug-likeness (QED) is 0.0883. The summed E-state index contributed by atoms with van der Waals surface area (Å²) in [6.45, 7) is 8.70. The van der Waals surface area contributed by atoms with Crippen molar-refractivity contribution in [1.29, 1.82) is 0 Å². The smallest absolute Gasteiger partial charge is 0.0613 e. The first-order valence-electron chi connectivity index (χ1n) is 18.2. The van der Waals surface area contributed by atoms with Crippen molar-refractivity contribution in [2.24, 2.45) is 5.92 Å². The number of alkyl halides is 1. The van der Waals surface area contributed by atoms with Gasteiger partial charge in [-0.1, -0.05) is 176 Å². The third-order valence-corrected chi connectivity index (χ3v) is 13.9. The fraction of sp³-hybridized carbons (Fsp3) is 0.143. The lowest BCUT2D eigenvalue weighted by atomic mass is 9.77. The maximum atomic E-state index is 3.92. The third kappa shape index (κ3) is 5.57. The van der Waals surface area contributed by atoms with Crippen LogP contribution in [0.15, 0.2) is 182 Å². The molecule has 1 aromatic heterocycles. The molecule has 0 radical (unpaired) electrons. The van der Waals surface area contributed by atoms with Gasteiger partial charge in [0.15, 0.2) is 0 Å². The van der Waals surface area contributed by atoms with Crippen LogP contribution < -0.4 is 4.90 Å². The third-order valence-electron chi connectivity index (χ3n) is 11.2. The van der Waals surface area contributed by atoms with Crippen LogP contribution in [-0.2, 0) is 5.41 Å². The average Bonchev–Trinajstić information content (AvgIpc) is 3.68. The second kappa shape index (κ2) is 13.4. The molecule has 1 nitrogen and oxygen atoms in total.